The monoisotopic (exact) mass is 412 g/mol. The minimum atomic E-state index is -4.49. The van der Waals surface area contributed by atoms with Gasteiger partial charge in [-0.05, 0) is 59.0 Å². The van der Waals surface area contributed by atoms with E-state index in [1.54, 1.807) is 18.2 Å². The van der Waals surface area contributed by atoms with E-state index in [0.29, 0.717) is 10.7 Å². The van der Waals surface area contributed by atoms with Gasteiger partial charge in [0.05, 0.1) is 16.3 Å². The van der Waals surface area contributed by atoms with E-state index in [0.717, 1.165) is 9.64 Å². The number of hydrogen-bond donors (Lipinski definition) is 2. The molecule has 0 heterocycles. The van der Waals surface area contributed by atoms with Crippen molar-refractivity contribution < 1.29 is 13.2 Å². The number of rotatable bonds is 2. The molecule has 2 aromatic rings. The van der Waals surface area contributed by atoms with Crippen LogP contribution in [0.5, 0.6) is 0 Å². The Morgan fingerprint density at radius 1 is 1.10 bits per heavy atom. The molecule has 0 spiro atoms. The number of benzene rings is 2. The third kappa shape index (κ3) is 3.49. The Kier molecular flexibility index (Phi) is 4.33. The van der Waals surface area contributed by atoms with E-state index in [1.165, 1.54) is 12.1 Å². The summed E-state index contributed by atoms with van der Waals surface area (Å²) in [6.45, 7) is 0. The SMILES string of the molecule is Nc1ccc(Nc2ccc(I)cc2Cl)cc1C(F)(F)F. The molecule has 0 aliphatic heterocycles. The smallest absolute Gasteiger partial charge is 0.398 e. The highest BCUT2D eigenvalue weighted by Crippen LogP contribution is 2.36. The summed E-state index contributed by atoms with van der Waals surface area (Å²) in [6, 6.07) is 8.87. The zero-order chi connectivity index (χ0) is 14.9. The zero-order valence-corrected chi connectivity index (χ0v) is 12.8. The summed E-state index contributed by atoms with van der Waals surface area (Å²) < 4.78 is 39.2. The second-order valence-corrected chi connectivity index (χ2v) is 5.70. The third-order valence-electron chi connectivity index (χ3n) is 2.57. The maximum atomic E-state index is 12.8. The van der Waals surface area contributed by atoms with Crippen LogP contribution in [0.3, 0.4) is 0 Å². The lowest BCUT2D eigenvalue weighted by atomic mass is 10.1. The highest BCUT2D eigenvalue weighted by Gasteiger charge is 2.33. The Morgan fingerprint density at radius 3 is 2.40 bits per heavy atom. The molecule has 3 N–H and O–H groups in total. The lowest BCUT2D eigenvalue weighted by molar-refractivity contribution is -0.136. The van der Waals surface area contributed by atoms with Crippen LogP contribution in [0.4, 0.5) is 30.2 Å². The summed E-state index contributed by atoms with van der Waals surface area (Å²) in [5.41, 5.74) is 4.97. The summed E-state index contributed by atoms with van der Waals surface area (Å²) >= 11 is 8.12. The first-order chi connectivity index (χ1) is 9.27. The van der Waals surface area contributed by atoms with Crippen molar-refractivity contribution in [1.82, 2.24) is 0 Å². The van der Waals surface area contributed by atoms with Crippen LogP contribution in [-0.2, 0) is 6.18 Å². The van der Waals surface area contributed by atoms with Crippen molar-refractivity contribution in [1.29, 1.82) is 0 Å². The summed E-state index contributed by atoms with van der Waals surface area (Å²) in [5, 5.41) is 3.28. The molecule has 7 heteroatoms. The van der Waals surface area contributed by atoms with Gasteiger partial charge in [-0.3, -0.25) is 0 Å². The molecular formula is C13H9ClF3IN2. The fraction of sp³-hybridized carbons (Fsp3) is 0.0769. The largest absolute Gasteiger partial charge is 0.418 e. The van der Waals surface area contributed by atoms with Crippen molar-refractivity contribution in [3.63, 3.8) is 0 Å². The van der Waals surface area contributed by atoms with Gasteiger partial charge in [-0.15, -0.1) is 0 Å². The molecule has 0 radical (unpaired) electrons. The molecular weight excluding hydrogens is 404 g/mol. The molecule has 106 valence electrons. The second-order valence-electron chi connectivity index (χ2n) is 4.05. The summed E-state index contributed by atoms with van der Waals surface area (Å²) in [6.07, 6.45) is -4.49. The maximum absolute atomic E-state index is 12.8. The molecule has 0 unspecified atom stereocenters. The van der Waals surface area contributed by atoms with Crippen LogP contribution < -0.4 is 11.1 Å². The average molecular weight is 413 g/mol. The summed E-state index contributed by atoms with van der Waals surface area (Å²) in [4.78, 5) is 0. The van der Waals surface area contributed by atoms with Crippen molar-refractivity contribution in [3.05, 3.63) is 50.6 Å². The van der Waals surface area contributed by atoms with E-state index in [9.17, 15) is 13.2 Å². The standard InChI is InChI=1S/C13H9ClF3IN2/c14-10-5-7(18)1-4-12(10)20-8-2-3-11(19)9(6-8)13(15,16)17/h1-6,20H,19H2. The molecule has 0 bridgehead atoms. The minimum Gasteiger partial charge on any atom is -0.398 e. The first-order valence-electron chi connectivity index (χ1n) is 5.46. The molecule has 0 fully saturated rings. The first kappa shape index (κ1) is 15.2. The zero-order valence-electron chi connectivity index (χ0n) is 9.93. The van der Waals surface area contributed by atoms with Crippen LogP contribution in [-0.4, -0.2) is 0 Å². The predicted octanol–water partition coefficient (Wildman–Crippen LogP) is 5.29. The van der Waals surface area contributed by atoms with E-state index in [1.807, 2.05) is 0 Å². The van der Waals surface area contributed by atoms with Gasteiger partial charge in [-0.25, -0.2) is 0 Å². The highest BCUT2D eigenvalue weighted by molar-refractivity contribution is 14.1. The number of hydrogen-bond acceptors (Lipinski definition) is 2. The van der Waals surface area contributed by atoms with Crippen molar-refractivity contribution in [3.8, 4) is 0 Å². The number of nitrogens with one attached hydrogen (secondary N) is 1. The van der Waals surface area contributed by atoms with Crippen LogP contribution in [0.15, 0.2) is 36.4 Å². The Labute approximate surface area is 132 Å². The number of halogens is 5. The molecule has 0 aliphatic carbocycles. The van der Waals surface area contributed by atoms with Crippen molar-refractivity contribution in [2.45, 2.75) is 6.18 Å². The van der Waals surface area contributed by atoms with Crippen LogP contribution in [0, 0.1) is 3.57 Å². The third-order valence-corrected chi connectivity index (χ3v) is 3.55. The Hall–Kier alpha value is -1.15. The van der Waals surface area contributed by atoms with Gasteiger partial charge in [0.1, 0.15) is 0 Å². The molecule has 0 saturated heterocycles. The van der Waals surface area contributed by atoms with E-state index in [4.69, 9.17) is 17.3 Å². The number of nitrogens with two attached hydrogens (primary N) is 1. The van der Waals surface area contributed by atoms with Crippen molar-refractivity contribution in [2.75, 3.05) is 11.1 Å². The van der Waals surface area contributed by atoms with E-state index < -0.39 is 11.7 Å². The maximum Gasteiger partial charge on any atom is 0.418 e. The number of anilines is 3. The fourth-order valence-corrected chi connectivity index (χ4v) is 2.53. The quantitative estimate of drug-likeness (QED) is 0.520. The molecule has 2 nitrogen and oxygen atoms in total. The van der Waals surface area contributed by atoms with Gasteiger partial charge in [-0.1, -0.05) is 11.6 Å². The van der Waals surface area contributed by atoms with Crippen LogP contribution in [0.2, 0.25) is 5.02 Å². The van der Waals surface area contributed by atoms with E-state index >= 15 is 0 Å². The van der Waals surface area contributed by atoms with Crippen LogP contribution >= 0.6 is 34.2 Å². The van der Waals surface area contributed by atoms with E-state index in [-0.39, 0.29) is 11.4 Å². The van der Waals surface area contributed by atoms with Gasteiger partial charge in [0.25, 0.3) is 0 Å². The van der Waals surface area contributed by atoms with Gasteiger partial charge in [0.2, 0.25) is 0 Å². The topological polar surface area (TPSA) is 38.0 Å². The molecule has 0 aromatic heterocycles. The lowest BCUT2D eigenvalue weighted by Crippen LogP contribution is -2.09. The first-order valence-corrected chi connectivity index (χ1v) is 6.92. The number of nitrogen functional groups attached to an aromatic ring is 1. The van der Waals surface area contributed by atoms with Gasteiger partial charge in [0, 0.05) is 14.9 Å². The Morgan fingerprint density at radius 2 is 1.80 bits per heavy atom. The van der Waals surface area contributed by atoms with Crippen LogP contribution in [0.25, 0.3) is 0 Å². The summed E-state index contributed by atoms with van der Waals surface area (Å²) in [5.74, 6) is 0. The van der Waals surface area contributed by atoms with Gasteiger partial charge in [0.15, 0.2) is 0 Å². The average Bonchev–Trinajstić information content (AvgIpc) is 2.33. The van der Waals surface area contributed by atoms with Crippen molar-refractivity contribution in [2.24, 2.45) is 0 Å². The normalized spacial score (nSPS) is 11.4. The molecule has 0 saturated carbocycles. The molecule has 0 atom stereocenters. The molecule has 20 heavy (non-hydrogen) atoms. The molecule has 2 rings (SSSR count). The predicted molar refractivity (Wildman–Crippen MR) is 83.3 cm³/mol. The van der Waals surface area contributed by atoms with Crippen LogP contribution in [0.1, 0.15) is 5.56 Å². The Balaban J connectivity index is 2.35. The minimum absolute atomic E-state index is 0.273. The van der Waals surface area contributed by atoms with Crippen molar-refractivity contribution >= 4 is 51.3 Å². The lowest BCUT2D eigenvalue weighted by Gasteiger charge is -2.14. The highest BCUT2D eigenvalue weighted by atomic mass is 127. The van der Waals surface area contributed by atoms with Gasteiger partial charge in [-0.2, -0.15) is 13.2 Å². The van der Waals surface area contributed by atoms with E-state index in [2.05, 4.69) is 27.9 Å². The summed E-state index contributed by atoms with van der Waals surface area (Å²) in [7, 11) is 0. The second kappa shape index (κ2) is 5.69. The number of alkyl halides is 3. The molecule has 2 aromatic carbocycles. The van der Waals surface area contributed by atoms with Gasteiger partial charge >= 0.3 is 6.18 Å². The fourth-order valence-electron chi connectivity index (χ4n) is 1.63. The molecule has 0 aliphatic rings. The Bertz CT molecular complexity index is 644. The van der Waals surface area contributed by atoms with Gasteiger partial charge < -0.3 is 11.1 Å². The molecule has 0 amide bonds.